The van der Waals surface area contributed by atoms with E-state index >= 15 is 0 Å². The molecule has 0 bridgehead atoms. The van der Waals surface area contributed by atoms with E-state index in [0.29, 0.717) is 5.56 Å². The molecule has 1 N–H and O–H groups in total. The highest BCUT2D eigenvalue weighted by molar-refractivity contribution is 5.98. The van der Waals surface area contributed by atoms with Crippen molar-refractivity contribution in [2.24, 2.45) is 0 Å². The molecule has 0 aliphatic carbocycles. The minimum atomic E-state index is -4.38. The van der Waals surface area contributed by atoms with Crippen LogP contribution in [0, 0.1) is 17.0 Å². The van der Waals surface area contributed by atoms with E-state index in [0.717, 1.165) is 0 Å². The molecule has 0 saturated heterocycles. The van der Waals surface area contributed by atoms with Crippen LogP contribution in [-0.4, -0.2) is 36.8 Å². The van der Waals surface area contributed by atoms with Gasteiger partial charge < -0.3 is 10.1 Å². The average Bonchev–Trinajstić information content (AvgIpc) is 2.40. The van der Waals surface area contributed by atoms with E-state index < -0.39 is 23.6 Å². The van der Waals surface area contributed by atoms with Gasteiger partial charge in [0.25, 0.3) is 11.6 Å². The fraction of sp³-hybridized carbons (Fsp3) is 0.462. The van der Waals surface area contributed by atoms with Gasteiger partial charge in [-0.1, -0.05) is 12.1 Å². The summed E-state index contributed by atoms with van der Waals surface area (Å²) < 4.78 is 39.8. The number of ether oxygens (including phenoxy) is 1. The first-order valence-electron chi connectivity index (χ1n) is 6.39. The van der Waals surface area contributed by atoms with Crippen molar-refractivity contribution in [3.8, 4) is 0 Å². The third kappa shape index (κ3) is 5.68. The number of nitro groups is 1. The largest absolute Gasteiger partial charge is 0.411 e. The Hall–Kier alpha value is -2.16. The van der Waals surface area contributed by atoms with E-state index in [4.69, 9.17) is 0 Å². The Kier molecular flexibility index (Phi) is 6.29. The average molecular weight is 320 g/mol. The Balaban J connectivity index is 2.47. The van der Waals surface area contributed by atoms with Crippen molar-refractivity contribution in [2.45, 2.75) is 19.5 Å². The number of rotatable bonds is 7. The van der Waals surface area contributed by atoms with Crippen molar-refractivity contribution in [1.29, 1.82) is 0 Å². The van der Waals surface area contributed by atoms with Gasteiger partial charge in [-0.15, -0.1) is 0 Å². The Morgan fingerprint density at radius 3 is 2.68 bits per heavy atom. The maximum absolute atomic E-state index is 11.9. The monoisotopic (exact) mass is 320 g/mol. The Morgan fingerprint density at radius 2 is 2.09 bits per heavy atom. The smallest absolute Gasteiger partial charge is 0.372 e. The van der Waals surface area contributed by atoms with Crippen molar-refractivity contribution in [1.82, 2.24) is 5.32 Å². The van der Waals surface area contributed by atoms with Gasteiger partial charge >= 0.3 is 6.18 Å². The summed E-state index contributed by atoms with van der Waals surface area (Å²) >= 11 is 0. The lowest BCUT2D eigenvalue weighted by Crippen LogP contribution is -2.26. The first-order valence-corrected chi connectivity index (χ1v) is 6.39. The van der Waals surface area contributed by atoms with E-state index in [9.17, 15) is 28.1 Å². The van der Waals surface area contributed by atoms with Crippen LogP contribution in [-0.2, 0) is 4.74 Å². The number of carbonyl (C=O) groups excluding carboxylic acids is 1. The zero-order valence-electron chi connectivity index (χ0n) is 11.8. The van der Waals surface area contributed by atoms with Crippen LogP contribution in [0.2, 0.25) is 0 Å². The van der Waals surface area contributed by atoms with E-state index in [1.165, 1.54) is 25.1 Å². The molecule has 0 radical (unpaired) electrons. The minimum absolute atomic E-state index is 0.0573. The number of benzene rings is 1. The van der Waals surface area contributed by atoms with Gasteiger partial charge in [0.15, 0.2) is 0 Å². The van der Waals surface area contributed by atoms with Crippen LogP contribution >= 0.6 is 0 Å². The van der Waals surface area contributed by atoms with Crippen molar-refractivity contribution in [3.63, 3.8) is 0 Å². The van der Waals surface area contributed by atoms with Crippen LogP contribution in [0.1, 0.15) is 22.3 Å². The molecule has 9 heteroatoms. The molecule has 0 unspecified atom stereocenters. The lowest BCUT2D eigenvalue weighted by Gasteiger charge is -2.09. The second-order valence-corrected chi connectivity index (χ2v) is 4.51. The molecule has 1 rings (SSSR count). The van der Waals surface area contributed by atoms with Gasteiger partial charge in [-0.05, 0) is 19.4 Å². The number of nitrogens with zero attached hydrogens (tertiary/aromatic N) is 1. The minimum Gasteiger partial charge on any atom is -0.372 e. The topological polar surface area (TPSA) is 81.5 Å². The van der Waals surface area contributed by atoms with Crippen molar-refractivity contribution in [3.05, 3.63) is 39.4 Å². The van der Waals surface area contributed by atoms with E-state index in [-0.39, 0.29) is 30.8 Å². The molecule has 122 valence electrons. The van der Waals surface area contributed by atoms with E-state index in [1.807, 2.05) is 0 Å². The van der Waals surface area contributed by atoms with Gasteiger partial charge in [-0.2, -0.15) is 13.2 Å². The highest BCUT2D eigenvalue weighted by atomic mass is 19.4. The normalized spacial score (nSPS) is 11.3. The number of aryl methyl sites for hydroxylation is 1. The summed E-state index contributed by atoms with van der Waals surface area (Å²) in [5.41, 5.74) is -0.0132. The van der Waals surface area contributed by atoms with Crippen molar-refractivity contribution in [2.75, 3.05) is 19.8 Å². The van der Waals surface area contributed by atoms with E-state index in [2.05, 4.69) is 10.1 Å². The predicted molar refractivity (Wildman–Crippen MR) is 71.7 cm³/mol. The SMILES string of the molecule is Cc1cccc(C(=O)NCCCOCC(F)(F)F)c1[N+](=O)[O-]. The summed E-state index contributed by atoms with van der Waals surface area (Å²) in [6, 6.07) is 4.35. The van der Waals surface area contributed by atoms with Gasteiger partial charge in [0.05, 0.1) is 4.92 Å². The van der Waals surface area contributed by atoms with E-state index in [1.54, 1.807) is 0 Å². The van der Waals surface area contributed by atoms with Crippen LogP contribution < -0.4 is 5.32 Å². The molecule has 0 aliphatic rings. The van der Waals surface area contributed by atoms with Gasteiger partial charge in [0.2, 0.25) is 0 Å². The van der Waals surface area contributed by atoms with Gasteiger partial charge in [0.1, 0.15) is 12.2 Å². The summed E-state index contributed by atoms with van der Waals surface area (Å²) in [6.45, 7) is 0.0572. The fourth-order valence-electron chi connectivity index (χ4n) is 1.74. The zero-order valence-corrected chi connectivity index (χ0v) is 11.8. The number of hydrogen-bond acceptors (Lipinski definition) is 4. The highest BCUT2D eigenvalue weighted by Gasteiger charge is 2.27. The highest BCUT2D eigenvalue weighted by Crippen LogP contribution is 2.22. The number of amides is 1. The quantitative estimate of drug-likeness (QED) is 0.476. The summed E-state index contributed by atoms with van der Waals surface area (Å²) in [5.74, 6) is -0.647. The fourth-order valence-corrected chi connectivity index (χ4v) is 1.74. The Labute approximate surface area is 124 Å². The molecular weight excluding hydrogens is 305 g/mol. The zero-order chi connectivity index (χ0) is 16.8. The number of hydrogen-bond donors (Lipinski definition) is 1. The van der Waals surface area contributed by atoms with Crippen molar-refractivity contribution < 1.29 is 27.6 Å². The molecule has 1 amide bonds. The maximum atomic E-state index is 11.9. The molecule has 1 aromatic carbocycles. The molecule has 0 aliphatic heterocycles. The second kappa shape index (κ2) is 7.74. The van der Waals surface area contributed by atoms with Crippen LogP contribution in [0.5, 0.6) is 0 Å². The number of nitrogens with one attached hydrogen (secondary N) is 1. The van der Waals surface area contributed by atoms with Crippen LogP contribution in [0.3, 0.4) is 0 Å². The molecule has 22 heavy (non-hydrogen) atoms. The Morgan fingerprint density at radius 1 is 1.41 bits per heavy atom. The van der Waals surface area contributed by atoms with Gasteiger partial charge in [-0.3, -0.25) is 14.9 Å². The summed E-state index contributed by atoms with van der Waals surface area (Å²) in [5, 5.41) is 13.4. The number of nitro benzene ring substituents is 1. The molecule has 1 aromatic rings. The molecular formula is C13H15F3N2O4. The third-order valence-electron chi connectivity index (χ3n) is 2.68. The maximum Gasteiger partial charge on any atom is 0.411 e. The third-order valence-corrected chi connectivity index (χ3v) is 2.68. The number of halogens is 3. The molecule has 6 nitrogen and oxygen atoms in total. The summed E-state index contributed by atoms with van der Waals surface area (Å²) in [4.78, 5) is 22.2. The Bertz CT molecular complexity index is 547. The molecule has 0 spiro atoms. The van der Waals surface area contributed by atoms with Gasteiger partial charge in [-0.25, -0.2) is 0 Å². The standard InChI is InChI=1S/C13H15F3N2O4/c1-9-4-2-5-10(11(9)18(20)21)12(19)17-6-3-7-22-8-13(14,15)16/h2,4-5H,3,6-8H2,1H3,(H,17,19). The number of carbonyl (C=O) groups is 1. The lowest BCUT2D eigenvalue weighted by molar-refractivity contribution is -0.385. The van der Waals surface area contributed by atoms with Crippen LogP contribution in [0.25, 0.3) is 0 Å². The first-order chi connectivity index (χ1) is 10.2. The van der Waals surface area contributed by atoms with Gasteiger partial charge in [0, 0.05) is 18.7 Å². The first kappa shape index (κ1) is 17.9. The summed E-state index contributed by atoms with van der Waals surface area (Å²) in [6.07, 6.45) is -4.22. The van der Waals surface area contributed by atoms with Crippen molar-refractivity contribution >= 4 is 11.6 Å². The number of para-hydroxylation sites is 1. The van der Waals surface area contributed by atoms with Crippen LogP contribution in [0.15, 0.2) is 18.2 Å². The molecule has 0 saturated carbocycles. The molecule has 0 heterocycles. The van der Waals surface area contributed by atoms with Crippen LogP contribution in [0.4, 0.5) is 18.9 Å². The lowest BCUT2D eigenvalue weighted by atomic mass is 10.1. The molecule has 0 fully saturated rings. The predicted octanol–water partition coefficient (Wildman–Crippen LogP) is 2.60. The number of alkyl halides is 3. The molecule has 0 aromatic heterocycles. The molecule has 0 atom stereocenters. The summed E-state index contributed by atoms with van der Waals surface area (Å²) in [7, 11) is 0. The second-order valence-electron chi connectivity index (χ2n) is 4.51.